The first-order valence-corrected chi connectivity index (χ1v) is 11.1. The second-order valence-electron chi connectivity index (χ2n) is 7.24. The predicted octanol–water partition coefficient (Wildman–Crippen LogP) is 3.65. The van der Waals surface area contributed by atoms with Gasteiger partial charge in [0.25, 0.3) is 0 Å². The Morgan fingerprint density at radius 3 is 2.27 bits per heavy atom. The number of carbonyl (C=O) groups is 2. The molecule has 1 amide bonds. The number of rotatable bonds is 5. The Morgan fingerprint density at radius 2 is 1.65 bits per heavy atom. The van der Waals surface area contributed by atoms with Crippen LogP contribution in [0.5, 0.6) is 0 Å². The highest BCUT2D eigenvalue weighted by Gasteiger charge is 2.46. The van der Waals surface area contributed by atoms with E-state index in [4.69, 9.17) is 0 Å². The Labute approximate surface area is 162 Å². The largest absolute Gasteiger partial charge is 0.339 e. The van der Waals surface area contributed by atoms with Gasteiger partial charge in [-0.1, -0.05) is 25.0 Å². The van der Waals surface area contributed by atoms with E-state index in [-0.39, 0.29) is 11.2 Å². The van der Waals surface area contributed by atoms with Gasteiger partial charge in [0, 0.05) is 31.1 Å². The summed E-state index contributed by atoms with van der Waals surface area (Å²) < 4.78 is 0. The first-order valence-electron chi connectivity index (χ1n) is 9.31. The van der Waals surface area contributed by atoms with E-state index in [2.05, 4.69) is 22.4 Å². The van der Waals surface area contributed by atoms with Crippen molar-refractivity contribution in [2.45, 2.75) is 31.1 Å². The smallest absolute Gasteiger partial charge is 0.234 e. The van der Waals surface area contributed by atoms with Gasteiger partial charge >= 0.3 is 0 Å². The molecular formula is C20H24N2O2S2. The fraction of sp³-hybridized carbons (Fsp3) is 0.500. The van der Waals surface area contributed by atoms with Crippen LogP contribution in [0.25, 0.3) is 0 Å². The Kier molecular flexibility index (Phi) is 5.25. The Bertz CT molecular complexity index is 741. The molecule has 4 nitrogen and oxygen atoms in total. The van der Waals surface area contributed by atoms with Crippen molar-refractivity contribution in [3.05, 3.63) is 44.8 Å². The lowest BCUT2D eigenvalue weighted by molar-refractivity contribution is -0.139. The molecule has 0 unspecified atom stereocenters. The molecular weight excluding hydrogens is 364 g/mol. The van der Waals surface area contributed by atoms with Crippen molar-refractivity contribution >= 4 is 34.4 Å². The Balaban J connectivity index is 1.38. The number of nitrogens with zero attached hydrogens (tertiary/aromatic N) is 2. The molecule has 0 spiro atoms. The van der Waals surface area contributed by atoms with Crippen LogP contribution in [0.4, 0.5) is 0 Å². The van der Waals surface area contributed by atoms with Crippen LogP contribution in [-0.2, 0) is 10.2 Å². The fourth-order valence-electron chi connectivity index (χ4n) is 4.23. The Hall–Kier alpha value is -1.50. The summed E-state index contributed by atoms with van der Waals surface area (Å²) in [4.78, 5) is 32.0. The third kappa shape index (κ3) is 3.38. The maximum atomic E-state index is 13.4. The van der Waals surface area contributed by atoms with Gasteiger partial charge in [0.15, 0.2) is 5.78 Å². The summed E-state index contributed by atoms with van der Waals surface area (Å²) >= 11 is 3.22. The number of hydrogen-bond acceptors (Lipinski definition) is 5. The minimum atomic E-state index is -0.289. The molecule has 3 heterocycles. The van der Waals surface area contributed by atoms with E-state index in [0.29, 0.717) is 12.5 Å². The molecule has 0 aromatic carbocycles. The molecule has 0 bridgehead atoms. The van der Waals surface area contributed by atoms with E-state index in [0.717, 1.165) is 56.7 Å². The van der Waals surface area contributed by atoms with Crippen LogP contribution >= 0.6 is 22.7 Å². The molecule has 0 atom stereocenters. The second kappa shape index (κ2) is 7.62. The van der Waals surface area contributed by atoms with Crippen LogP contribution in [0, 0.1) is 0 Å². The van der Waals surface area contributed by atoms with Crippen LogP contribution < -0.4 is 0 Å². The van der Waals surface area contributed by atoms with E-state index in [9.17, 15) is 9.59 Å². The van der Waals surface area contributed by atoms with Gasteiger partial charge in [-0.25, -0.2) is 0 Å². The van der Waals surface area contributed by atoms with Gasteiger partial charge in [-0.05, 0) is 35.7 Å². The van der Waals surface area contributed by atoms with Gasteiger partial charge < -0.3 is 4.90 Å². The lowest BCUT2D eigenvalue weighted by Crippen LogP contribution is -2.54. The molecule has 138 valence electrons. The van der Waals surface area contributed by atoms with Crippen molar-refractivity contribution < 1.29 is 9.59 Å². The number of carbonyl (C=O) groups excluding carboxylic acids is 2. The van der Waals surface area contributed by atoms with Crippen molar-refractivity contribution in [3.8, 4) is 0 Å². The zero-order valence-electron chi connectivity index (χ0n) is 14.9. The molecule has 6 heteroatoms. The summed E-state index contributed by atoms with van der Waals surface area (Å²) in [6.07, 6.45) is 4.23. The van der Waals surface area contributed by atoms with Crippen LogP contribution in [0.2, 0.25) is 0 Å². The summed E-state index contributed by atoms with van der Waals surface area (Å²) in [5.74, 6) is 0.493. The van der Waals surface area contributed by atoms with Gasteiger partial charge in [-0.2, -0.15) is 0 Å². The fourth-order valence-corrected chi connectivity index (χ4v) is 5.86. The number of piperazine rings is 1. The van der Waals surface area contributed by atoms with E-state index >= 15 is 0 Å². The molecule has 1 saturated heterocycles. The molecule has 2 aliphatic rings. The predicted molar refractivity (Wildman–Crippen MR) is 106 cm³/mol. The molecule has 1 aliphatic carbocycles. The van der Waals surface area contributed by atoms with Crippen molar-refractivity contribution in [2.75, 3.05) is 32.7 Å². The average molecular weight is 389 g/mol. The number of hydrogen-bond donors (Lipinski definition) is 0. The molecule has 26 heavy (non-hydrogen) atoms. The SMILES string of the molecule is O=C(CN1CCN(C(=O)C2(c3cccs3)CCCC2)CC1)c1cccs1. The lowest BCUT2D eigenvalue weighted by Gasteiger charge is -2.39. The quantitative estimate of drug-likeness (QED) is 0.734. The first kappa shape index (κ1) is 17.9. The van der Waals surface area contributed by atoms with Crippen molar-refractivity contribution in [1.29, 1.82) is 0 Å². The normalized spacial score (nSPS) is 20.4. The number of amides is 1. The zero-order chi connectivity index (χ0) is 18.0. The van der Waals surface area contributed by atoms with E-state index in [1.54, 1.807) is 11.3 Å². The molecule has 1 aliphatic heterocycles. The second-order valence-corrected chi connectivity index (χ2v) is 9.13. The van der Waals surface area contributed by atoms with Crippen molar-refractivity contribution in [2.24, 2.45) is 0 Å². The highest BCUT2D eigenvalue weighted by molar-refractivity contribution is 7.12. The van der Waals surface area contributed by atoms with Crippen LogP contribution in [0.3, 0.4) is 0 Å². The standard InChI is InChI=1S/C20H24N2O2S2/c23-16(17-5-3-13-25-17)15-21-9-11-22(12-10-21)19(24)20(7-1-2-8-20)18-6-4-14-26-18/h3-6,13-14H,1-2,7-12,15H2. The zero-order valence-corrected chi connectivity index (χ0v) is 16.5. The summed E-state index contributed by atoms with van der Waals surface area (Å²) in [6, 6.07) is 7.99. The summed E-state index contributed by atoms with van der Waals surface area (Å²) in [5.41, 5.74) is -0.289. The minimum Gasteiger partial charge on any atom is -0.339 e. The number of thiophene rings is 2. The van der Waals surface area contributed by atoms with Gasteiger partial charge in [-0.15, -0.1) is 22.7 Å². The lowest BCUT2D eigenvalue weighted by atomic mass is 9.82. The molecule has 4 rings (SSSR count). The summed E-state index contributed by atoms with van der Waals surface area (Å²) in [7, 11) is 0. The van der Waals surface area contributed by atoms with Gasteiger partial charge in [0.1, 0.15) is 0 Å². The first-order chi connectivity index (χ1) is 12.7. The van der Waals surface area contributed by atoms with Gasteiger partial charge in [0.05, 0.1) is 16.8 Å². The van der Waals surface area contributed by atoms with E-state index in [1.165, 1.54) is 16.2 Å². The summed E-state index contributed by atoms with van der Waals surface area (Å²) in [5, 5.41) is 4.02. The third-order valence-corrected chi connectivity index (χ3v) is 7.67. The summed E-state index contributed by atoms with van der Waals surface area (Å²) in [6.45, 7) is 3.47. The molecule has 2 fully saturated rings. The third-order valence-electron chi connectivity index (χ3n) is 5.68. The van der Waals surface area contributed by atoms with Crippen molar-refractivity contribution in [3.63, 3.8) is 0 Å². The monoisotopic (exact) mass is 388 g/mol. The van der Waals surface area contributed by atoms with E-state index in [1.807, 2.05) is 22.4 Å². The maximum Gasteiger partial charge on any atom is 0.234 e. The van der Waals surface area contributed by atoms with Crippen molar-refractivity contribution in [1.82, 2.24) is 9.80 Å². The maximum absolute atomic E-state index is 13.4. The molecule has 2 aromatic rings. The number of Topliss-reactive ketones (excluding diaryl/α,β-unsaturated/α-hetero) is 1. The van der Waals surface area contributed by atoms with Gasteiger partial charge in [0.2, 0.25) is 5.91 Å². The van der Waals surface area contributed by atoms with Crippen LogP contribution in [0.1, 0.15) is 40.2 Å². The highest BCUT2D eigenvalue weighted by Crippen LogP contribution is 2.44. The minimum absolute atomic E-state index is 0.186. The number of ketones is 1. The molecule has 2 aromatic heterocycles. The van der Waals surface area contributed by atoms with Crippen LogP contribution in [-0.4, -0.2) is 54.2 Å². The highest BCUT2D eigenvalue weighted by atomic mass is 32.1. The Morgan fingerprint density at radius 1 is 0.962 bits per heavy atom. The van der Waals surface area contributed by atoms with E-state index < -0.39 is 0 Å². The molecule has 1 saturated carbocycles. The topological polar surface area (TPSA) is 40.6 Å². The molecule has 0 radical (unpaired) electrons. The molecule has 0 N–H and O–H groups in total. The van der Waals surface area contributed by atoms with Crippen LogP contribution in [0.15, 0.2) is 35.0 Å². The average Bonchev–Trinajstić information content (AvgIpc) is 3.44. The van der Waals surface area contributed by atoms with Gasteiger partial charge in [-0.3, -0.25) is 14.5 Å².